The van der Waals surface area contributed by atoms with E-state index >= 15 is 0 Å². The van der Waals surface area contributed by atoms with Crippen molar-refractivity contribution in [3.8, 4) is 45.0 Å². The van der Waals surface area contributed by atoms with Gasteiger partial charge in [0.25, 0.3) is 0 Å². The lowest BCUT2D eigenvalue weighted by Crippen LogP contribution is -1.95. The number of nitrogens with zero attached hydrogens (tertiary/aromatic N) is 3. The number of rotatable bonds is 4. The van der Waals surface area contributed by atoms with E-state index in [2.05, 4.69) is 45.7 Å². The third-order valence-corrected chi connectivity index (χ3v) is 5.73. The predicted molar refractivity (Wildman–Crippen MR) is 131 cm³/mol. The van der Waals surface area contributed by atoms with Crippen LogP contribution in [-0.4, -0.2) is 15.4 Å². The Balaban J connectivity index is 1.57. The quantitative estimate of drug-likeness (QED) is 0.298. The van der Waals surface area contributed by atoms with Gasteiger partial charge in [-0.3, -0.25) is 0 Å². The molecular weight excluding hydrogens is 406 g/mol. The van der Waals surface area contributed by atoms with E-state index in [0.29, 0.717) is 0 Å². The zero-order valence-corrected chi connectivity index (χ0v) is 17.7. The van der Waals surface area contributed by atoms with Crippen molar-refractivity contribution in [1.29, 1.82) is 0 Å². The fourth-order valence-corrected chi connectivity index (χ4v) is 4.08. The maximum Gasteiger partial charge on any atom is 0.174 e. The topological polar surface area (TPSA) is 51.8 Å². The molecule has 0 amide bonds. The summed E-state index contributed by atoms with van der Waals surface area (Å²) in [4.78, 5) is 0. The summed E-state index contributed by atoms with van der Waals surface area (Å²) in [6.07, 6.45) is 0. The molecule has 156 valence electrons. The molecule has 0 radical (unpaired) electrons. The Morgan fingerprint density at radius 3 is 1.85 bits per heavy atom. The van der Waals surface area contributed by atoms with E-state index in [-0.39, 0.29) is 0 Å². The van der Waals surface area contributed by atoms with Gasteiger partial charge >= 0.3 is 0 Å². The van der Waals surface area contributed by atoms with E-state index < -0.39 is 0 Å². The highest BCUT2D eigenvalue weighted by Crippen LogP contribution is 2.36. The van der Waals surface area contributed by atoms with Crippen LogP contribution in [0.4, 0.5) is 0 Å². The van der Waals surface area contributed by atoms with Gasteiger partial charge in [-0.1, -0.05) is 102 Å². The third-order valence-electron chi connectivity index (χ3n) is 5.73. The summed E-state index contributed by atoms with van der Waals surface area (Å²) in [7, 11) is 0. The first kappa shape index (κ1) is 19.1. The molecule has 0 unspecified atom stereocenters. The van der Waals surface area contributed by atoms with E-state index in [4.69, 9.17) is 4.52 Å². The molecule has 0 N–H and O–H groups in total. The highest BCUT2D eigenvalue weighted by molar-refractivity contribution is 5.96. The van der Waals surface area contributed by atoms with Crippen LogP contribution in [0.5, 0.6) is 0 Å². The first-order chi connectivity index (χ1) is 16.4. The molecule has 4 nitrogen and oxygen atoms in total. The van der Waals surface area contributed by atoms with E-state index in [9.17, 15) is 0 Å². The Hall–Kier alpha value is -4.57. The fraction of sp³-hybridized carbons (Fsp3) is 0. The van der Waals surface area contributed by atoms with Crippen molar-refractivity contribution in [1.82, 2.24) is 15.4 Å². The van der Waals surface area contributed by atoms with Gasteiger partial charge in [0.15, 0.2) is 5.76 Å². The van der Waals surface area contributed by atoms with Gasteiger partial charge in [-0.25, -0.2) is 0 Å². The first-order valence-electron chi connectivity index (χ1n) is 10.8. The van der Waals surface area contributed by atoms with Gasteiger partial charge in [-0.2, -0.15) is 0 Å². The maximum absolute atomic E-state index is 5.72. The van der Waals surface area contributed by atoms with Gasteiger partial charge in [0.1, 0.15) is 11.2 Å². The van der Waals surface area contributed by atoms with E-state index in [0.717, 1.165) is 55.9 Å². The van der Waals surface area contributed by atoms with Crippen LogP contribution in [0.15, 0.2) is 120 Å². The zero-order valence-electron chi connectivity index (χ0n) is 17.7. The average molecular weight is 425 g/mol. The second-order valence-corrected chi connectivity index (χ2v) is 7.83. The lowest BCUT2D eigenvalue weighted by molar-refractivity contribution is 0.441. The Kier molecular flexibility index (Phi) is 4.74. The largest absolute Gasteiger partial charge is 0.355 e. The van der Waals surface area contributed by atoms with Gasteiger partial charge in [0.05, 0.1) is 11.1 Å². The summed E-state index contributed by atoms with van der Waals surface area (Å²) < 4.78 is 5.72. The van der Waals surface area contributed by atoms with Crippen molar-refractivity contribution in [2.45, 2.75) is 0 Å². The molecule has 2 aromatic heterocycles. The van der Waals surface area contributed by atoms with Crippen LogP contribution < -0.4 is 0 Å². The van der Waals surface area contributed by atoms with Crippen molar-refractivity contribution >= 4 is 10.9 Å². The molecule has 6 rings (SSSR count). The normalized spacial score (nSPS) is 11.0. The van der Waals surface area contributed by atoms with E-state index in [1.54, 1.807) is 0 Å². The minimum Gasteiger partial charge on any atom is -0.355 e. The standard InChI is InChI=1S/C29H19N3O/c1-4-10-20(11-5-1)27-19-24(28(31-30-27)21-12-6-2-7-13-21)23-16-17-26-25(18-23)29(33-32-26)22-14-8-3-9-15-22/h1-19H. The highest BCUT2D eigenvalue weighted by Gasteiger charge is 2.16. The van der Waals surface area contributed by atoms with Gasteiger partial charge in [0, 0.05) is 22.3 Å². The van der Waals surface area contributed by atoms with Crippen LogP contribution in [0, 0.1) is 0 Å². The van der Waals surface area contributed by atoms with Crippen molar-refractivity contribution in [2.24, 2.45) is 0 Å². The smallest absolute Gasteiger partial charge is 0.174 e. The summed E-state index contributed by atoms with van der Waals surface area (Å²) in [5.41, 5.74) is 7.59. The number of benzene rings is 4. The Bertz CT molecular complexity index is 1540. The highest BCUT2D eigenvalue weighted by atomic mass is 16.5. The minimum atomic E-state index is 0.763. The molecule has 0 saturated heterocycles. The molecule has 6 aromatic rings. The van der Waals surface area contributed by atoms with Crippen molar-refractivity contribution < 1.29 is 4.52 Å². The van der Waals surface area contributed by atoms with Crippen LogP contribution in [0.1, 0.15) is 0 Å². The molecule has 0 bridgehead atoms. The van der Waals surface area contributed by atoms with Gasteiger partial charge in [-0.15, -0.1) is 10.2 Å². The molecule has 0 aliphatic heterocycles. The second-order valence-electron chi connectivity index (χ2n) is 7.83. The summed E-state index contributed by atoms with van der Waals surface area (Å²) in [6, 6.07) is 38.6. The molecule has 0 saturated carbocycles. The minimum absolute atomic E-state index is 0.763. The van der Waals surface area contributed by atoms with Crippen LogP contribution in [0.2, 0.25) is 0 Å². The molecule has 2 heterocycles. The summed E-state index contributed by atoms with van der Waals surface area (Å²) >= 11 is 0. The van der Waals surface area contributed by atoms with Crippen LogP contribution in [0.3, 0.4) is 0 Å². The molecule has 4 aromatic carbocycles. The van der Waals surface area contributed by atoms with Gasteiger partial charge in [0.2, 0.25) is 0 Å². The SMILES string of the molecule is c1ccc(-c2cc(-c3ccc4noc(-c5ccccc5)c4c3)c(-c3ccccc3)nn2)cc1. The van der Waals surface area contributed by atoms with E-state index in [1.165, 1.54) is 0 Å². The number of aromatic nitrogens is 3. The molecule has 0 aliphatic carbocycles. The molecule has 0 atom stereocenters. The molecule has 0 aliphatic rings. The van der Waals surface area contributed by atoms with Crippen molar-refractivity contribution in [3.05, 3.63) is 115 Å². The van der Waals surface area contributed by atoms with Gasteiger partial charge in [-0.05, 0) is 23.8 Å². The van der Waals surface area contributed by atoms with Crippen molar-refractivity contribution in [3.63, 3.8) is 0 Å². The fourth-order valence-electron chi connectivity index (χ4n) is 4.08. The molecule has 4 heteroatoms. The Labute approximate surface area is 191 Å². The van der Waals surface area contributed by atoms with Crippen LogP contribution in [-0.2, 0) is 0 Å². The lowest BCUT2D eigenvalue weighted by Gasteiger charge is -2.11. The molecule has 0 fully saturated rings. The number of hydrogen-bond acceptors (Lipinski definition) is 4. The number of fused-ring (bicyclic) bond motifs is 1. The van der Waals surface area contributed by atoms with Crippen LogP contribution >= 0.6 is 0 Å². The predicted octanol–water partition coefficient (Wildman–Crippen LogP) is 7.29. The second kappa shape index (κ2) is 8.17. The van der Waals surface area contributed by atoms with Crippen LogP contribution in [0.25, 0.3) is 55.9 Å². The lowest BCUT2D eigenvalue weighted by atomic mass is 9.96. The first-order valence-corrected chi connectivity index (χ1v) is 10.8. The Morgan fingerprint density at radius 1 is 0.515 bits per heavy atom. The Morgan fingerprint density at radius 2 is 1.15 bits per heavy atom. The maximum atomic E-state index is 5.72. The third kappa shape index (κ3) is 3.58. The zero-order chi connectivity index (χ0) is 22.0. The molecule has 33 heavy (non-hydrogen) atoms. The van der Waals surface area contributed by atoms with Gasteiger partial charge < -0.3 is 4.52 Å². The monoisotopic (exact) mass is 425 g/mol. The molecule has 0 spiro atoms. The number of hydrogen-bond donors (Lipinski definition) is 0. The summed E-state index contributed by atoms with van der Waals surface area (Å²) in [5, 5.41) is 14.4. The van der Waals surface area contributed by atoms with E-state index in [1.807, 2.05) is 84.9 Å². The summed E-state index contributed by atoms with van der Waals surface area (Å²) in [6.45, 7) is 0. The molecular formula is C29H19N3O. The summed E-state index contributed by atoms with van der Waals surface area (Å²) in [5.74, 6) is 0.763. The average Bonchev–Trinajstić information content (AvgIpc) is 3.33. The van der Waals surface area contributed by atoms with Crippen molar-refractivity contribution in [2.75, 3.05) is 0 Å².